The highest BCUT2D eigenvalue weighted by Gasteiger charge is 2.32. The third kappa shape index (κ3) is 3.21. The SMILES string of the molecule is CC1(C)CCCCC1NCC1CCCCN1. The van der Waals surface area contributed by atoms with Gasteiger partial charge in [-0.1, -0.05) is 33.1 Å². The summed E-state index contributed by atoms with van der Waals surface area (Å²) in [6, 6.07) is 1.47. The van der Waals surface area contributed by atoms with Crippen LogP contribution in [0, 0.1) is 5.41 Å². The lowest BCUT2D eigenvalue weighted by Gasteiger charge is -2.40. The Hall–Kier alpha value is -0.0800. The van der Waals surface area contributed by atoms with Crippen molar-refractivity contribution in [1.82, 2.24) is 10.6 Å². The topological polar surface area (TPSA) is 24.1 Å². The standard InChI is InChI=1S/C14H28N2/c1-14(2)9-5-3-8-13(14)16-11-12-7-4-6-10-15-12/h12-13,15-16H,3-11H2,1-2H3. The first kappa shape index (κ1) is 12.4. The van der Waals surface area contributed by atoms with Crippen molar-refractivity contribution in [1.29, 1.82) is 0 Å². The normalized spacial score (nSPS) is 34.9. The lowest BCUT2D eigenvalue weighted by Crippen LogP contribution is -2.50. The highest BCUT2D eigenvalue weighted by Crippen LogP contribution is 2.35. The number of piperidine rings is 1. The smallest absolute Gasteiger partial charge is 0.0192 e. The highest BCUT2D eigenvalue weighted by atomic mass is 15.0. The Kier molecular flexibility index (Phi) is 4.26. The number of hydrogen-bond donors (Lipinski definition) is 2. The van der Waals surface area contributed by atoms with Crippen LogP contribution in [0.2, 0.25) is 0 Å². The molecule has 2 N–H and O–H groups in total. The summed E-state index contributed by atoms with van der Waals surface area (Å²) < 4.78 is 0. The van der Waals surface area contributed by atoms with E-state index in [0.717, 1.165) is 12.1 Å². The Morgan fingerprint density at radius 2 is 1.94 bits per heavy atom. The number of nitrogens with one attached hydrogen (secondary N) is 2. The van der Waals surface area contributed by atoms with Crippen LogP contribution in [0.5, 0.6) is 0 Å². The molecule has 0 amide bonds. The van der Waals surface area contributed by atoms with E-state index in [1.54, 1.807) is 0 Å². The minimum atomic E-state index is 0.507. The average molecular weight is 224 g/mol. The van der Waals surface area contributed by atoms with Gasteiger partial charge >= 0.3 is 0 Å². The van der Waals surface area contributed by atoms with Crippen LogP contribution in [-0.2, 0) is 0 Å². The van der Waals surface area contributed by atoms with Crippen LogP contribution in [0.4, 0.5) is 0 Å². The molecular formula is C14H28N2. The van der Waals surface area contributed by atoms with Gasteiger partial charge in [0.2, 0.25) is 0 Å². The van der Waals surface area contributed by atoms with Gasteiger partial charge in [0.1, 0.15) is 0 Å². The van der Waals surface area contributed by atoms with Crippen molar-refractivity contribution >= 4 is 0 Å². The zero-order valence-electron chi connectivity index (χ0n) is 11.0. The Bertz CT molecular complexity index is 207. The predicted octanol–water partition coefficient (Wildman–Crippen LogP) is 2.69. The van der Waals surface area contributed by atoms with E-state index in [1.165, 1.54) is 58.0 Å². The van der Waals surface area contributed by atoms with Crippen molar-refractivity contribution in [3.63, 3.8) is 0 Å². The molecule has 1 saturated carbocycles. The van der Waals surface area contributed by atoms with E-state index in [9.17, 15) is 0 Å². The molecule has 2 heteroatoms. The summed E-state index contributed by atoms with van der Waals surface area (Å²) in [6.45, 7) is 7.25. The van der Waals surface area contributed by atoms with Crippen molar-refractivity contribution in [2.24, 2.45) is 5.41 Å². The van der Waals surface area contributed by atoms with E-state index < -0.39 is 0 Å². The fourth-order valence-electron chi connectivity index (χ4n) is 3.26. The maximum absolute atomic E-state index is 3.82. The van der Waals surface area contributed by atoms with Gasteiger partial charge in [-0.05, 0) is 37.6 Å². The molecule has 2 atom stereocenters. The van der Waals surface area contributed by atoms with E-state index in [2.05, 4.69) is 24.5 Å². The molecule has 2 aliphatic rings. The van der Waals surface area contributed by atoms with Gasteiger partial charge in [-0.2, -0.15) is 0 Å². The van der Waals surface area contributed by atoms with Gasteiger partial charge in [0.25, 0.3) is 0 Å². The van der Waals surface area contributed by atoms with E-state index in [1.807, 2.05) is 0 Å². The van der Waals surface area contributed by atoms with E-state index in [-0.39, 0.29) is 0 Å². The largest absolute Gasteiger partial charge is 0.313 e. The Balaban J connectivity index is 1.75. The van der Waals surface area contributed by atoms with E-state index in [0.29, 0.717) is 5.41 Å². The Morgan fingerprint density at radius 1 is 1.12 bits per heavy atom. The third-order valence-corrected chi connectivity index (χ3v) is 4.53. The van der Waals surface area contributed by atoms with Gasteiger partial charge < -0.3 is 10.6 Å². The van der Waals surface area contributed by atoms with Gasteiger partial charge in [-0.25, -0.2) is 0 Å². The zero-order valence-corrected chi connectivity index (χ0v) is 11.0. The summed E-state index contributed by atoms with van der Waals surface area (Å²) in [5, 5.41) is 7.44. The summed E-state index contributed by atoms with van der Waals surface area (Å²) in [5.41, 5.74) is 0.507. The maximum atomic E-state index is 3.82. The summed E-state index contributed by atoms with van der Waals surface area (Å²) in [6.07, 6.45) is 9.74. The molecule has 0 aromatic carbocycles. The summed E-state index contributed by atoms with van der Waals surface area (Å²) in [7, 11) is 0. The minimum Gasteiger partial charge on any atom is -0.313 e. The fraction of sp³-hybridized carbons (Fsp3) is 1.00. The van der Waals surface area contributed by atoms with Crippen LogP contribution in [0.15, 0.2) is 0 Å². The molecule has 0 bridgehead atoms. The minimum absolute atomic E-state index is 0.507. The van der Waals surface area contributed by atoms with Crippen molar-refractivity contribution in [3.05, 3.63) is 0 Å². The molecule has 1 saturated heterocycles. The highest BCUT2D eigenvalue weighted by molar-refractivity contribution is 4.89. The van der Waals surface area contributed by atoms with E-state index >= 15 is 0 Å². The molecule has 0 spiro atoms. The van der Waals surface area contributed by atoms with Crippen LogP contribution in [0.1, 0.15) is 58.8 Å². The average Bonchev–Trinajstić information content (AvgIpc) is 2.28. The molecule has 2 rings (SSSR count). The van der Waals surface area contributed by atoms with Crippen LogP contribution in [0.3, 0.4) is 0 Å². The molecule has 0 aromatic rings. The zero-order chi connectivity index (χ0) is 11.4. The van der Waals surface area contributed by atoms with E-state index in [4.69, 9.17) is 0 Å². The summed E-state index contributed by atoms with van der Waals surface area (Å²) in [4.78, 5) is 0. The van der Waals surface area contributed by atoms with Crippen molar-refractivity contribution < 1.29 is 0 Å². The molecule has 1 heterocycles. The molecule has 2 unspecified atom stereocenters. The summed E-state index contributed by atoms with van der Waals surface area (Å²) >= 11 is 0. The molecule has 1 aliphatic heterocycles. The fourth-order valence-corrected chi connectivity index (χ4v) is 3.26. The van der Waals surface area contributed by atoms with Gasteiger partial charge in [0.05, 0.1) is 0 Å². The van der Waals surface area contributed by atoms with Gasteiger partial charge in [0, 0.05) is 18.6 Å². The number of rotatable bonds is 3. The molecule has 16 heavy (non-hydrogen) atoms. The molecule has 0 aromatic heterocycles. The molecule has 94 valence electrons. The monoisotopic (exact) mass is 224 g/mol. The second-order valence-electron chi connectivity index (χ2n) is 6.34. The van der Waals surface area contributed by atoms with Crippen molar-refractivity contribution in [2.45, 2.75) is 70.9 Å². The van der Waals surface area contributed by atoms with Gasteiger partial charge in [0.15, 0.2) is 0 Å². The molecule has 2 nitrogen and oxygen atoms in total. The Labute approximate surface area is 101 Å². The van der Waals surface area contributed by atoms with Crippen molar-refractivity contribution in [2.75, 3.05) is 13.1 Å². The first-order valence-electron chi connectivity index (χ1n) is 7.15. The maximum Gasteiger partial charge on any atom is 0.0192 e. The van der Waals surface area contributed by atoms with Crippen LogP contribution >= 0.6 is 0 Å². The third-order valence-electron chi connectivity index (χ3n) is 4.53. The second kappa shape index (κ2) is 5.50. The first-order chi connectivity index (χ1) is 7.68. The quantitative estimate of drug-likeness (QED) is 0.770. The van der Waals surface area contributed by atoms with Crippen molar-refractivity contribution in [3.8, 4) is 0 Å². The molecule has 2 fully saturated rings. The first-order valence-corrected chi connectivity index (χ1v) is 7.15. The molecular weight excluding hydrogens is 196 g/mol. The van der Waals surface area contributed by atoms with Crippen LogP contribution in [-0.4, -0.2) is 25.2 Å². The molecule has 0 radical (unpaired) electrons. The summed E-state index contributed by atoms with van der Waals surface area (Å²) in [5.74, 6) is 0. The number of hydrogen-bond acceptors (Lipinski definition) is 2. The van der Waals surface area contributed by atoms with Gasteiger partial charge in [-0.15, -0.1) is 0 Å². The lowest BCUT2D eigenvalue weighted by atomic mass is 9.73. The second-order valence-corrected chi connectivity index (χ2v) is 6.34. The lowest BCUT2D eigenvalue weighted by molar-refractivity contribution is 0.162. The van der Waals surface area contributed by atoms with Crippen LogP contribution < -0.4 is 10.6 Å². The Morgan fingerprint density at radius 3 is 2.62 bits per heavy atom. The predicted molar refractivity (Wildman–Crippen MR) is 69.7 cm³/mol. The van der Waals surface area contributed by atoms with Gasteiger partial charge in [-0.3, -0.25) is 0 Å². The van der Waals surface area contributed by atoms with Crippen LogP contribution in [0.25, 0.3) is 0 Å². The molecule has 1 aliphatic carbocycles.